The van der Waals surface area contributed by atoms with Crippen molar-refractivity contribution in [3.05, 3.63) is 65.2 Å². The lowest BCUT2D eigenvalue weighted by Crippen LogP contribution is -2.50. The predicted molar refractivity (Wildman–Crippen MR) is 132 cm³/mol. The number of carboxylic acid groups (broad SMARTS) is 1. The van der Waals surface area contributed by atoms with E-state index in [1.165, 1.54) is 12.1 Å². The van der Waals surface area contributed by atoms with Crippen LogP contribution in [0.25, 0.3) is 0 Å². The topological polar surface area (TPSA) is 183 Å². The molecular weight excluding hydrogens is 486 g/mol. The summed E-state index contributed by atoms with van der Waals surface area (Å²) in [5.74, 6) is -2.71. The van der Waals surface area contributed by atoms with Gasteiger partial charge in [0.2, 0.25) is 21.8 Å². The number of carbonyl (C=O) groups excluding carboxylic acids is 2. The maximum absolute atomic E-state index is 13.0. The summed E-state index contributed by atoms with van der Waals surface area (Å²) in [5.41, 5.74) is 7.42. The molecule has 2 unspecified atom stereocenters. The van der Waals surface area contributed by atoms with Crippen LogP contribution in [0, 0.1) is 12.3 Å². The smallest absolute Gasteiger partial charge is 0.326 e. The molecule has 1 heterocycles. The molecule has 2 amide bonds. The summed E-state index contributed by atoms with van der Waals surface area (Å²) in [6.07, 6.45) is 0.795. The van der Waals surface area contributed by atoms with Crippen molar-refractivity contribution >= 4 is 33.6 Å². The molecule has 0 saturated carbocycles. The van der Waals surface area contributed by atoms with Crippen LogP contribution in [-0.2, 0) is 30.8 Å². The summed E-state index contributed by atoms with van der Waals surface area (Å²) in [4.78, 5) is 36.9. The Morgan fingerprint density at radius 1 is 1.14 bits per heavy atom. The minimum Gasteiger partial charge on any atom is -0.480 e. The van der Waals surface area contributed by atoms with Gasteiger partial charge in [-0.1, -0.05) is 42.0 Å². The van der Waals surface area contributed by atoms with E-state index in [1.54, 1.807) is 36.4 Å². The Balaban J connectivity index is 1.58. The first-order valence-corrected chi connectivity index (χ1v) is 12.7. The van der Waals surface area contributed by atoms with Gasteiger partial charge in [-0.3, -0.25) is 15.0 Å². The molecule has 1 fully saturated rings. The largest absolute Gasteiger partial charge is 0.480 e. The number of nitrogens with two attached hydrogens (primary N) is 1. The Bertz CT molecular complexity index is 1240. The number of nitrogens with one attached hydrogen (secondary N) is 3. The van der Waals surface area contributed by atoms with Gasteiger partial charge in [-0.2, -0.15) is 4.31 Å². The Hall–Kier alpha value is -3.77. The second-order valence-electron chi connectivity index (χ2n) is 8.58. The summed E-state index contributed by atoms with van der Waals surface area (Å²) >= 11 is 0. The predicted octanol–water partition coefficient (Wildman–Crippen LogP) is 0.360. The molecule has 36 heavy (non-hydrogen) atoms. The Morgan fingerprint density at radius 2 is 1.78 bits per heavy atom. The van der Waals surface area contributed by atoms with Crippen molar-refractivity contribution in [2.45, 2.75) is 43.2 Å². The Morgan fingerprint density at radius 3 is 2.36 bits per heavy atom. The molecule has 0 bridgehead atoms. The average Bonchev–Trinajstić information content (AvgIpc) is 3.34. The van der Waals surface area contributed by atoms with Gasteiger partial charge in [0.1, 0.15) is 17.9 Å². The maximum Gasteiger partial charge on any atom is 0.326 e. The molecule has 0 aromatic heterocycles. The molecule has 1 aliphatic heterocycles. The third-order valence-electron chi connectivity index (χ3n) is 5.90. The van der Waals surface area contributed by atoms with E-state index in [1.807, 2.05) is 6.92 Å². The number of hydrogen-bond acceptors (Lipinski definition) is 6. The van der Waals surface area contributed by atoms with Crippen LogP contribution in [0.2, 0.25) is 0 Å². The molecule has 2 aromatic rings. The van der Waals surface area contributed by atoms with Crippen molar-refractivity contribution in [1.29, 1.82) is 5.41 Å². The van der Waals surface area contributed by atoms with Gasteiger partial charge >= 0.3 is 5.97 Å². The second kappa shape index (κ2) is 11.3. The first kappa shape index (κ1) is 26.8. The normalized spacial score (nSPS) is 16.8. The van der Waals surface area contributed by atoms with E-state index in [2.05, 4.69) is 10.6 Å². The Labute approximate surface area is 209 Å². The molecule has 3 rings (SSSR count). The summed E-state index contributed by atoms with van der Waals surface area (Å²) < 4.78 is 27.2. The van der Waals surface area contributed by atoms with Gasteiger partial charge in [0.15, 0.2) is 0 Å². The molecule has 12 heteroatoms. The molecule has 0 radical (unpaired) electrons. The summed E-state index contributed by atoms with van der Waals surface area (Å²) in [7, 11) is -3.89. The summed E-state index contributed by atoms with van der Waals surface area (Å²) in [5, 5.41) is 21.7. The van der Waals surface area contributed by atoms with Crippen molar-refractivity contribution in [3.8, 4) is 0 Å². The highest BCUT2D eigenvalue weighted by molar-refractivity contribution is 7.89. The summed E-state index contributed by atoms with van der Waals surface area (Å²) in [6, 6.07) is 10.5. The van der Waals surface area contributed by atoms with E-state index in [0.29, 0.717) is 24.0 Å². The number of carbonyl (C=O) groups is 3. The van der Waals surface area contributed by atoms with Gasteiger partial charge in [0.05, 0.1) is 11.4 Å². The number of nitrogen functional groups attached to an aromatic ring is 1. The lowest BCUT2D eigenvalue weighted by atomic mass is 10.0. The average molecular weight is 516 g/mol. The van der Waals surface area contributed by atoms with E-state index in [0.717, 1.165) is 9.87 Å². The van der Waals surface area contributed by atoms with Crippen LogP contribution in [0.5, 0.6) is 0 Å². The molecule has 6 N–H and O–H groups in total. The number of aliphatic carboxylic acids is 1. The van der Waals surface area contributed by atoms with Crippen molar-refractivity contribution in [3.63, 3.8) is 0 Å². The van der Waals surface area contributed by atoms with Crippen molar-refractivity contribution in [2.24, 2.45) is 5.73 Å². The fourth-order valence-electron chi connectivity index (χ4n) is 3.92. The van der Waals surface area contributed by atoms with Crippen LogP contribution in [0.15, 0.2) is 53.4 Å². The SMILES string of the molecule is Cc1ccc(S(=O)(=O)N2CCCC2C(=O)NCC(=O)NC(Cc2ccc(C(=N)N)cc2)C(=O)O)cc1. The highest BCUT2D eigenvalue weighted by Crippen LogP contribution is 2.26. The highest BCUT2D eigenvalue weighted by atomic mass is 32.2. The van der Waals surface area contributed by atoms with E-state index >= 15 is 0 Å². The molecule has 2 atom stereocenters. The lowest BCUT2D eigenvalue weighted by Gasteiger charge is -2.23. The molecule has 1 aliphatic rings. The number of rotatable bonds is 10. The minimum absolute atomic E-state index is 0.0155. The number of carboxylic acids is 1. The first-order chi connectivity index (χ1) is 17.0. The zero-order valence-electron chi connectivity index (χ0n) is 19.7. The quantitative estimate of drug-likeness (QED) is 0.223. The molecule has 0 spiro atoms. The third kappa shape index (κ3) is 6.46. The number of amides is 2. The van der Waals surface area contributed by atoms with E-state index in [4.69, 9.17) is 11.1 Å². The Kier molecular flexibility index (Phi) is 8.43. The number of nitrogens with zero attached hydrogens (tertiary/aromatic N) is 1. The van der Waals surface area contributed by atoms with Gasteiger partial charge in [-0.05, 0) is 37.5 Å². The number of amidine groups is 1. The number of aryl methyl sites for hydroxylation is 1. The van der Waals surface area contributed by atoms with Crippen LogP contribution in [-0.4, -0.2) is 66.6 Å². The van der Waals surface area contributed by atoms with Gasteiger partial charge < -0.3 is 21.5 Å². The monoisotopic (exact) mass is 515 g/mol. The van der Waals surface area contributed by atoms with Crippen LogP contribution < -0.4 is 16.4 Å². The minimum atomic E-state index is -3.89. The van der Waals surface area contributed by atoms with E-state index in [9.17, 15) is 27.9 Å². The van der Waals surface area contributed by atoms with Gasteiger partial charge in [0, 0.05) is 18.5 Å². The zero-order valence-corrected chi connectivity index (χ0v) is 20.5. The van der Waals surface area contributed by atoms with Crippen molar-refractivity contribution < 1.29 is 27.9 Å². The van der Waals surface area contributed by atoms with Crippen LogP contribution >= 0.6 is 0 Å². The molecule has 2 aromatic carbocycles. The van der Waals surface area contributed by atoms with Crippen molar-refractivity contribution in [1.82, 2.24) is 14.9 Å². The second-order valence-corrected chi connectivity index (χ2v) is 10.5. The molecule has 11 nitrogen and oxygen atoms in total. The van der Waals surface area contributed by atoms with Crippen LogP contribution in [0.3, 0.4) is 0 Å². The third-order valence-corrected chi connectivity index (χ3v) is 7.82. The van der Waals surface area contributed by atoms with E-state index in [-0.39, 0.29) is 23.7 Å². The van der Waals surface area contributed by atoms with Gasteiger partial charge in [-0.25, -0.2) is 13.2 Å². The lowest BCUT2D eigenvalue weighted by molar-refractivity contribution is -0.141. The summed E-state index contributed by atoms with van der Waals surface area (Å²) in [6.45, 7) is 1.53. The first-order valence-electron chi connectivity index (χ1n) is 11.3. The standard InChI is InChI=1S/C24H29N5O6S/c1-15-4-10-18(11-5-15)36(34,35)29-12-2-3-20(29)23(31)27-14-21(30)28-19(24(32)33)13-16-6-8-17(9-7-16)22(25)26/h4-11,19-20H,2-3,12-14H2,1H3,(H3,25,26)(H,27,31)(H,28,30)(H,32,33). The maximum atomic E-state index is 13.0. The fraction of sp³-hybridized carbons (Fsp3) is 0.333. The molecular formula is C24H29N5O6S. The zero-order chi connectivity index (χ0) is 26.5. The number of hydrogen-bond donors (Lipinski definition) is 5. The van der Waals surface area contributed by atoms with Crippen LogP contribution in [0.1, 0.15) is 29.5 Å². The molecule has 0 aliphatic carbocycles. The van der Waals surface area contributed by atoms with Crippen LogP contribution in [0.4, 0.5) is 0 Å². The van der Waals surface area contributed by atoms with Gasteiger partial charge in [-0.15, -0.1) is 0 Å². The van der Waals surface area contributed by atoms with Gasteiger partial charge in [0.25, 0.3) is 0 Å². The number of benzene rings is 2. The molecule has 192 valence electrons. The molecule has 1 saturated heterocycles. The fourth-order valence-corrected chi connectivity index (χ4v) is 5.58. The van der Waals surface area contributed by atoms with E-state index < -0.39 is 46.4 Å². The number of sulfonamides is 1. The highest BCUT2D eigenvalue weighted by Gasteiger charge is 2.39. The van der Waals surface area contributed by atoms with Crippen molar-refractivity contribution in [2.75, 3.05) is 13.1 Å².